The molecule has 2 fully saturated rings. The van der Waals surface area contributed by atoms with E-state index in [1.165, 1.54) is 0 Å². The zero-order valence-electron chi connectivity index (χ0n) is 11.3. The van der Waals surface area contributed by atoms with Crippen molar-refractivity contribution in [2.24, 2.45) is 0 Å². The van der Waals surface area contributed by atoms with Crippen LogP contribution in [0.4, 0.5) is 0 Å². The Kier molecular flexibility index (Phi) is 3.73. The van der Waals surface area contributed by atoms with Gasteiger partial charge >= 0.3 is 0 Å². The van der Waals surface area contributed by atoms with Crippen molar-refractivity contribution in [2.75, 3.05) is 33.2 Å². The minimum atomic E-state index is 0.145. The van der Waals surface area contributed by atoms with Gasteiger partial charge < -0.3 is 10.2 Å². The Morgan fingerprint density at radius 1 is 1.24 bits per heavy atom. The predicted molar refractivity (Wildman–Crippen MR) is 68.9 cm³/mol. The lowest BCUT2D eigenvalue weighted by Crippen LogP contribution is -2.51. The highest BCUT2D eigenvalue weighted by atomic mass is 16.2. The molecule has 0 aromatic carbocycles. The molecular formula is C13H25N3O. The monoisotopic (exact) mass is 239 g/mol. The fraction of sp³-hybridized carbons (Fsp3) is 0.923. The van der Waals surface area contributed by atoms with E-state index in [0.29, 0.717) is 18.4 Å². The lowest BCUT2D eigenvalue weighted by atomic mass is 10.1. The van der Waals surface area contributed by atoms with Gasteiger partial charge in [0.25, 0.3) is 0 Å². The second kappa shape index (κ2) is 4.94. The summed E-state index contributed by atoms with van der Waals surface area (Å²) in [6.45, 7) is 8.29. The molecule has 1 N–H and O–H groups in total. The summed E-state index contributed by atoms with van der Waals surface area (Å²) in [5, 5.41) is 3.29. The molecule has 2 rings (SSSR count). The summed E-state index contributed by atoms with van der Waals surface area (Å²) in [6.07, 6.45) is 2.99. The van der Waals surface area contributed by atoms with Gasteiger partial charge in [-0.3, -0.25) is 9.69 Å². The number of carbonyl (C=O) groups excluding carboxylic acids is 1. The largest absolute Gasteiger partial charge is 0.340 e. The van der Waals surface area contributed by atoms with Crippen LogP contribution in [0.2, 0.25) is 0 Å². The normalized spacial score (nSPS) is 24.1. The van der Waals surface area contributed by atoms with Crippen molar-refractivity contribution in [2.45, 2.75) is 44.7 Å². The first-order valence-corrected chi connectivity index (χ1v) is 6.77. The van der Waals surface area contributed by atoms with E-state index in [0.717, 1.165) is 39.0 Å². The molecule has 0 bridgehead atoms. The van der Waals surface area contributed by atoms with Gasteiger partial charge in [-0.2, -0.15) is 0 Å². The zero-order chi connectivity index (χ0) is 12.5. The van der Waals surface area contributed by atoms with Crippen LogP contribution in [-0.4, -0.2) is 60.5 Å². The van der Waals surface area contributed by atoms with Gasteiger partial charge in [0.15, 0.2) is 0 Å². The molecule has 0 radical (unpaired) electrons. The Labute approximate surface area is 104 Å². The average Bonchev–Trinajstić information content (AvgIpc) is 3.09. The molecule has 0 atom stereocenters. The Morgan fingerprint density at radius 3 is 2.24 bits per heavy atom. The topological polar surface area (TPSA) is 35.6 Å². The molecule has 98 valence electrons. The predicted octanol–water partition coefficient (Wildman–Crippen LogP) is 0.681. The summed E-state index contributed by atoms with van der Waals surface area (Å²) in [6, 6.07) is 0.597. The van der Waals surface area contributed by atoms with Crippen LogP contribution in [0.3, 0.4) is 0 Å². The highest BCUT2D eigenvalue weighted by molar-refractivity contribution is 5.78. The molecular weight excluding hydrogens is 214 g/mol. The number of amides is 1. The van der Waals surface area contributed by atoms with Crippen LogP contribution >= 0.6 is 0 Å². The molecule has 4 nitrogen and oxygen atoms in total. The van der Waals surface area contributed by atoms with Crippen LogP contribution in [0.15, 0.2) is 0 Å². The molecule has 1 heterocycles. The molecule has 2 aliphatic rings. The van der Waals surface area contributed by atoms with Crippen molar-refractivity contribution in [1.29, 1.82) is 0 Å². The molecule has 0 unspecified atom stereocenters. The first-order chi connectivity index (χ1) is 8.06. The summed E-state index contributed by atoms with van der Waals surface area (Å²) in [4.78, 5) is 16.6. The van der Waals surface area contributed by atoms with Crippen LogP contribution in [0, 0.1) is 0 Å². The maximum Gasteiger partial charge on any atom is 0.224 e. The average molecular weight is 239 g/mol. The molecule has 0 aromatic heterocycles. The van der Waals surface area contributed by atoms with Gasteiger partial charge in [0.2, 0.25) is 5.91 Å². The van der Waals surface area contributed by atoms with Crippen LogP contribution < -0.4 is 5.32 Å². The van der Waals surface area contributed by atoms with E-state index in [2.05, 4.69) is 24.1 Å². The third-order valence-corrected chi connectivity index (χ3v) is 4.27. The van der Waals surface area contributed by atoms with E-state index < -0.39 is 0 Å². The molecule has 1 aliphatic heterocycles. The van der Waals surface area contributed by atoms with Gasteiger partial charge in [-0.1, -0.05) is 0 Å². The summed E-state index contributed by atoms with van der Waals surface area (Å²) in [5.74, 6) is 0.334. The Bertz CT molecular complexity index is 278. The Hall–Kier alpha value is -0.610. The molecule has 1 aliphatic carbocycles. The lowest BCUT2D eigenvalue weighted by molar-refractivity contribution is -0.133. The summed E-state index contributed by atoms with van der Waals surface area (Å²) >= 11 is 0. The summed E-state index contributed by atoms with van der Waals surface area (Å²) < 4.78 is 0. The maximum absolute atomic E-state index is 12.2. The smallest absolute Gasteiger partial charge is 0.224 e. The van der Waals surface area contributed by atoms with E-state index >= 15 is 0 Å². The number of nitrogens with zero attached hydrogens (tertiary/aromatic N) is 2. The van der Waals surface area contributed by atoms with Crippen molar-refractivity contribution in [3.05, 3.63) is 0 Å². The van der Waals surface area contributed by atoms with Crippen molar-refractivity contribution in [1.82, 2.24) is 15.1 Å². The van der Waals surface area contributed by atoms with Gasteiger partial charge in [0, 0.05) is 44.2 Å². The van der Waals surface area contributed by atoms with E-state index in [1.807, 2.05) is 11.9 Å². The van der Waals surface area contributed by atoms with E-state index in [9.17, 15) is 4.79 Å². The van der Waals surface area contributed by atoms with Crippen LogP contribution in [0.1, 0.15) is 33.1 Å². The molecule has 1 saturated carbocycles. The van der Waals surface area contributed by atoms with E-state index in [-0.39, 0.29) is 5.54 Å². The zero-order valence-corrected chi connectivity index (χ0v) is 11.3. The Balaban J connectivity index is 1.78. The first-order valence-electron chi connectivity index (χ1n) is 6.77. The van der Waals surface area contributed by atoms with E-state index in [1.54, 1.807) is 0 Å². The number of hydrogen-bond acceptors (Lipinski definition) is 3. The van der Waals surface area contributed by atoms with Gasteiger partial charge in [0.1, 0.15) is 0 Å². The minimum Gasteiger partial charge on any atom is -0.340 e. The lowest BCUT2D eigenvalue weighted by Gasteiger charge is -2.37. The van der Waals surface area contributed by atoms with Crippen LogP contribution in [0.5, 0.6) is 0 Å². The fourth-order valence-electron chi connectivity index (χ4n) is 2.56. The van der Waals surface area contributed by atoms with Crippen molar-refractivity contribution < 1.29 is 4.79 Å². The highest BCUT2D eigenvalue weighted by Gasteiger charge is 2.43. The van der Waals surface area contributed by atoms with Crippen molar-refractivity contribution >= 4 is 5.91 Å². The number of hydrogen-bond donors (Lipinski definition) is 1. The SMILES string of the molecule is CNC1(CC(=O)N2CCN(C(C)C)CC2)CC1. The fourth-order valence-corrected chi connectivity index (χ4v) is 2.56. The number of rotatable bonds is 4. The molecule has 4 heteroatoms. The number of piperazine rings is 1. The second-order valence-electron chi connectivity index (χ2n) is 5.72. The minimum absolute atomic E-state index is 0.145. The van der Waals surface area contributed by atoms with Gasteiger partial charge in [-0.25, -0.2) is 0 Å². The van der Waals surface area contributed by atoms with Crippen LogP contribution in [0.25, 0.3) is 0 Å². The molecule has 1 saturated heterocycles. The Morgan fingerprint density at radius 2 is 1.82 bits per heavy atom. The first kappa shape index (κ1) is 12.8. The quantitative estimate of drug-likeness (QED) is 0.784. The highest BCUT2D eigenvalue weighted by Crippen LogP contribution is 2.38. The van der Waals surface area contributed by atoms with Gasteiger partial charge in [-0.05, 0) is 33.7 Å². The summed E-state index contributed by atoms with van der Waals surface area (Å²) in [7, 11) is 1.97. The van der Waals surface area contributed by atoms with Gasteiger partial charge in [-0.15, -0.1) is 0 Å². The van der Waals surface area contributed by atoms with Crippen LogP contribution in [-0.2, 0) is 4.79 Å². The van der Waals surface area contributed by atoms with E-state index in [4.69, 9.17) is 0 Å². The van der Waals surface area contributed by atoms with Gasteiger partial charge in [0.05, 0.1) is 0 Å². The molecule has 1 amide bonds. The third-order valence-electron chi connectivity index (χ3n) is 4.27. The maximum atomic E-state index is 12.2. The van der Waals surface area contributed by atoms with Crippen molar-refractivity contribution in [3.8, 4) is 0 Å². The standard InChI is InChI=1S/C13H25N3O/c1-11(2)15-6-8-16(9-7-15)12(17)10-13(14-3)4-5-13/h11,14H,4-10H2,1-3H3. The van der Waals surface area contributed by atoms with Crippen molar-refractivity contribution in [3.63, 3.8) is 0 Å². The number of nitrogens with one attached hydrogen (secondary N) is 1. The number of carbonyl (C=O) groups is 1. The summed E-state index contributed by atoms with van der Waals surface area (Å²) in [5.41, 5.74) is 0.145. The molecule has 17 heavy (non-hydrogen) atoms. The second-order valence-corrected chi connectivity index (χ2v) is 5.72. The molecule has 0 spiro atoms. The third kappa shape index (κ3) is 2.99. The molecule has 0 aromatic rings.